The molecule has 4 rings (SSSR count). The number of carboxylic acids is 1. The van der Waals surface area contributed by atoms with Crippen molar-refractivity contribution >= 4 is 35.3 Å². The molecule has 33 heavy (non-hydrogen) atoms. The number of anilines is 1. The minimum atomic E-state index is -1.15. The van der Waals surface area contributed by atoms with Gasteiger partial charge in [0.1, 0.15) is 12.6 Å². The maximum atomic E-state index is 12.5. The summed E-state index contributed by atoms with van der Waals surface area (Å²) in [6.45, 7) is 1.62. The van der Waals surface area contributed by atoms with E-state index in [2.05, 4.69) is 10.6 Å². The SMILES string of the molecule is C[C@@H](NC(=O)OCC1c2ccccc2-c2ccccc21)C(=O)Nc1cc(C(=O)O)ccc1Cl. The molecule has 1 aliphatic carbocycles. The van der Waals surface area contributed by atoms with Gasteiger partial charge in [-0.05, 0) is 47.4 Å². The van der Waals surface area contributed by atoms with Crippen molar-refractivity contribution in [3.05, 3.63) is 88.4 Å². The van der Waals surface area contributed by atoms with E-state index < -0.39 is 24.0 Å². The first-order chi connectivity index (χ1) is 15.8. The van der Waals surface area contributed by atoms with Gasteiger partial charge in [-0.15, -0.1) is 0 Å². The molecule has 0 aromatic heterocycles. The van der Waals surface area contributed by atoms with Crippen LogP contribution >= 0.6 is 11.6 Å². The topological polar surface area (TPSA) is 105 Å². The fraction of sp³-hybridized carbons (Fsp3) is 0.160. The minimum Gasteiger partial charge on any atom is -0.478 e. The van der Waals surface area contributed by atoms with E-state index in [0.29, 0.717) is 0 Å². The highest BCUT2D eigenvalue weighted by atomic mass is 35.5. The van der Waals surface area contributed by atoms with Crippen LogP contribution in [0.1, 0.15) is 34.3 Å². The minimum absolute atomic E-state index is 0.0214. The molecule has 1 aliphatic rings. The van der Waals surface area contributed by atoms with Gasteiger partial charge in [0, 0.05) is 5.92 Å². The van der Waals surface area contributed by atoms with Crippen LogP contribution in [0.2, 0.25) is 5.02 Å². The number of carbonyl (C=O) groups excluding carboxylic acids is 2. The summed E-state index contributed by atoms with van der Waals surface area (Å²) in [5, 5.41) is 14.3. The maximum Gasteiger partial charge on any atom is 0.407 e. The number of halogens is 1. The summed E-state index contributed by atoms with van der Waals surface area (Å²) in [7, 11) is 0. The van der Waals surface area contributed by atoms with Crippen LogP contribution < -0.4 is 10.6 Å². The summed E-state index contributed by atoms with van der Waals surface area (Å²) in [5.74, 6) is -1.80. The standard InChI is InChI=1S/C25H21ClN2O5/c1-14(23(29)28-22-12-15(24(30)31)10-11-21(22)26)27-25(32)33-13-20-18-8-4-2-6-16(18)17-7-3-5-9-19(17)20/h2-12,14,20H,13H2,1H3,(H,27,32)(H,28,29)(H,30,31)/t14-/m1/s1. The molecule has 3 aromatic carbocycles. The molecule has 0 radical (unpaired) electrons. The summed E-state index contributed by atoms with van der Waals surface area (Å²) >= 11 is 6.04. The number of nitrogens with one attached hydrogen (secondary N) is 2. The lowest BCUT2D eigenvalue weighted by Gasteiger charge is -2.17. The largest absolute Gasteiger partial charge is 0.478 e. The van der Waals surface area contributed by atoms with Crippen LogP contribution in [0.15, 0.2) is 66.7 Å². The van der Waals surface area contributed by atoms with Crippen molar-refractivity contribution < 1.29 is 24.2 Å². The third-order valence-electron chi connectivity index (χ3n) is 5.54. The van der Waals surface area contributed by atoms with Gasteiger partial charge in [0.15, 0.2) is 0 Å². The third kappa shape index (κ3) is 4.68. The Morgan fingerprint density at radius 2 is 1.61 bits per heavy atom. The number of hydrogen-bond donors (Lipinski definition) is 3. The zero-order chi connectivity index (χ0) is 23.5. The average Bonchev–Trinajstić information content (AvgIpc) is 3.12. The van der Waals surface area contributed by atoms with Crippen molar-refractivity contribution in [1.82, 2.24) is 5.32 Å². The molecule has 0 bridgehead atoms. The molecule has 0 unspecified atom stereocenters. The highest BCUT2D eigenvalue weighted by Gasteiger charge is 2.29. The number of amides is 2. The van der Waals surface area contributed by atoms with Gasteiger partial charge < -0.3 is 20.5 Å². The van der Waals surface area contributed by atoms with Crippen molar-refractivity contribution in [2.45, 2.75) is 18.9 Å². The fourth-order valence-electron chi connectivity index (χ4n) is 3.88. The Hall–Kier alpha value is -3.84. The van der Waals surface area contributed by atoms with Crippen LogP contribution in [0, 0.1) is 0 Å². The number of carboxylic acid groups (broad SMARTS) is 1. The first kappa shape index (κ1) is 22.4. The first-order valence-electron chi connectivity index (χ1n) is 10.3. The monoisotopic (exact) mass is 464 g/mol. The summed E-state index contributed by atoms with van der Waals surface area (Å²) in [6, 6.07) is 19.0. The molecule has 3 N–H and O–H groups in total. The summed E-state index contributed by atoms with van der Waals surface area (Å²) in [5.41, 5.74) is 4.54. The van der Waals surface area contributed by atoms with Crippen LogP contribution in [-0.2, 0) is 9.53 Å². The summed E-state index contributed by atoms with van der Waals surface area (Å²) in [4.78, 5) is 36.0. The van der Waals surface area contributed by atoms with Crippen molar-refractivity contribution in [3.63, 3.8) is 0 Å². The molecule has 0 saturated heterocycles. The second-order valence-corrected chi connectivity index (χ2v) is 8.09. The number of carbonyl (C=O) groups is 3. The molecule has 0 spiro atoms. The molecule has 0 heterocycles. The number of rotatable bonds is 6. The molecular formula is C25H21ClN2O5. The lowest BCUT2D eigenvalue weighted by molar-refractivity contribution is -0.117. The van der Waals surface area contributed by atoms with Gasteiger partial charge in [0.25, 0.3) is 0 Å². The number of fused-ring (bicyclic) bond motifs is 3. The molecule has 7 nitrogen and oxygen atoms in total. The Balaban J connectivity index is 1.37. The second kappa shape index (κ2) is 9.34. The van der Waals surface area contributed by atoms with E-state index in [-0.39, 0.29) is 28.8 Å². The van der Waals surface area contributed by atoms with Crippen molar-refractivity contribution in [2.75, 3.05) is 11.9 Å². The normalized spacial score (nSPS) is 12.9. The zero-order valence-electron chi connectivity index (χ0n) is 17.7. The summed E-state index contributed by atoms with van der Waals surface area (Å²) in [6.07, 6.45) is -0.732. The molecule has 0 fully saturated rings. The van der Waals surface area contributed by atoms with Gasteiger partial charge in [-0.25, -0.2) is 9.59 Å². The van der Waals surface area contributed by atoms with Crippen LogP contribution in [0.5, 0.6) is 0 Å². The van der Waals surface area contributed by atoms with Crippen LogP contribution in [0.25, 0.3) is 11.1 Å². The average molecular weight is 465 g/mol. The molecular weight excluding hydrogens is 444 g/mol. The Bertz CT molecular complexity index is 1200. The van der Waals surface area contributed by atoms with E-state index >= 15 is 0 Å². The molecule has 3 aromatic rings. The molecule has 0 aliphatic heterocycles. The van der Waals surface area contributed by atoms with Gasteiger partial charge in [-0.1, -0.05) is 60.1 Å². The maximum absolute atomic E-state index is 12.5. The van der Waals surface area contributed by atoms with E-state index in [4.69, 9.17) is 21.4 Å². The van der Waals surface area contributed by atoms with Crippen molar-refractivity contribution in [2.24, 2.45) is 0 Å². The number of alkyl carbamates (subject to hydrolysis) is 1. The van der Waals surface area contributed by atoms with E-state index in [1.807, 2.05) is 48.5 Å². The van der Waals surface area contributed by atoms with Crippen LogP contribution in [0.4, 0.5) is 10.5 Å². The van der Waals surface area contributed by atoms with Crippen LogP contribution in [0.3, 0.4) is 0 Å². The number of benzene rings is 3. The number of aromatic carboxylic acids is 1. The molecule has 2 amide bonds. The molecule has 8 heteroatoms. The number of ether oxygens (including phenoxy) is 1. The predicted octanol–water partition coefficient (Wildman–Crippen LogP) is 4.90. The number of hydrogen-bond acceptors (Lipinski definition) is 4. The predicted molar refractivity (Wildman–Crippen MR) is 125 cm³/mol. The summed E-state index contributed by atoms with van der Waals surface area (Å²) < 4.78 is 5.45. The van der Waals surface area contributed by atoms with Crippen LogP contribution in [-0.4, -0.2) is 35.7 Å². The lowest BCUT2D eigenvalue weighted by Crippen LogP contribution is -2.42. The first-order valence-corrected chi connectivity index (χ1v) is 10.7. The fourth-order valence-corrected chi connectivity index (χ4v) is 4.04. The van der Waals surface area contributed by atoms with Gasteiger partial charge >= 0.3 is 12.1 Å². The van der Waals surface area contributed by atoms with E-state index in [1.54, 1.807) is 0 Å². The molecule has 0 saturated carbocycles. The quantitative estimate of drug-likeness (QED) is 0.481. The highest BCUT2D eigenvalue weighted by Crippen LogP contribution is 2.44. The van der Waals surface area contributed by atoms with E-state index in [0.717, 1.165) is 22.3 Å². The molecule has 168 valence electrons. The van der Waals surface area contributed by atoms with Gasteiger partial charge in [-0.3, -0.25) is 4.79 Å². The Morgan fingerprint density at radius 3 is 2.21 bits per heavy atom. The van der Waals surface area contributed by atoms with Gasteiger partial charge in [-0.2, -0.15) is 0 Å². The van der Waals surface area contributed by atoms with E-state index in [1.165, 1.54) is 25.1 Å². The van der Waals surface area contributed by atoms with E-state index in [9.17, 15) is 14.4 Å². The Morgan fingerprint density at radius 1 is 1.00 bits per heavy atom. The van der Waals surface area contributed by atoms with Crippen molar-refractivity contribution in [3.8, 4) is 11.1 Å². The zero-order valence-corrected chi connectivity index (χ0v) is 18.4. The highest BCUT2D eigenvalue weighted by molar-refractivity contribution is 6.34. The van der Waals surface area contributed by atoms with Gasteiger partial charge in [0.2, 0.25) is 5.91 Å². The Kier molecular flexibility index (Phi) is 6.33. The third-order valence-corrected chi connectivity index (χ3v) is 5.87. The van der Waals surface area contributed by atoms with Crippen molar-refractivity contribution in [1.29, 1.82) is 0 Å². The molecule has 1 atom stereocenters. The lowest BCUT2D eigenvalue weighted by atomic mass is 9.98. The smallest absolute Gasteiger partial charge is 0.407 e. The Labute approximate surface area is 195 Å². The second-order valence-electron chi connectivity index (χ2n) is 7.68. The van der Waals surface area contributed by atoms with Gasteiger partial charge in [0.05, 0.1) is 16.3 Å².